The Hall–Kier alpha value is -0.970. The second-order valence-electron chi connectivity index (χ2n) is 3.71. The minimum absolute atomic E-state index is 0.784. The van der Waals surface area contributed by atoms with Gasteiger partial charge in [0, 0.05) is 35.9 Å². The molecule has 0 radical (unpaired) electrons. The molecule has 0 aliphatic heterocycles. The third-order valence-corrected chi connectivity index (χ3v) is 3.80. The van der Waals surface area contributed by atoms with Crippen molar-refractivity contribution in [3.8, 4) is 0 Å². The normalized spacial score (nSPS) is 10.8. The van der Waals surface area contributed by atoms with Crippen LogP contribution in [0, 0.1) is 0 Å². The molecular weight excluding hydrogens is 254 g/mol. The predicted octanol–water partition coefficient (Wildman–Crippen LogP) is 2.94. The third-order valence-electron chi connectivity index (χ3n) is 2.38. The maximum atomic E-state index is 6.21. The molecule has 0 saturated heterocycles. The average Bonchev–Trinajstić information content (AvgIpc) is 2.69. The Morgan fingerprint density at radius 3 is 2.88 bits per heavy atom. The van der Waals surface area contributed by atoms with Crippen LogP contribution in [0.3, 0.4) is 0 Å². The summed E-state index contributed by atoms with van der Waals surface area (Å²) in [6.07, 6.45) is 3.72. The van der Waals surface area contributed by atoms with E-state index in [4.69, 9.17) is 11.6 Å². The van der Waals surface area contributed by atoms with Gasteiger partial charge in [0.25, 0.3) is 0 Å². The summed E-state index contributed by atoms with van der Waals surface area (Å²) >= 11 is 7.82. The Morgan fingerprint density at radius 2 is 2.29 bits per heavy atom. The number of rotatable bonds is 4. The van der Waals surface area contributed by atoms with Crippen molar-refractivity contribution in [2.45, 2.75) is 16.6 Å². The lowest BCUT2D eigenvalue weighted by atomic mass is 10.2. The van der Waals surface area contributed by atoms with Crippen molar-refractivity contribution in [3.05, 3.63) is 41.2 Å². The molecule has 1 aromatic heterocycles. The van der Waals surface area contributed by atoms with E-state index >= 15 is 0 Å². The molecule has 3 nitrogen and oxygen atoms in total. The van der Waals surface area contributed by atoms with Gasteiger partial charge in [0.1, 0.15) is 0 Å². The Kier molecular flexibility index (Phi) is 4.10. The van der Waals surface area contributed by atoms with Crippen molar-refractivity contribution in [3.63, 3.8) is 0 Å². The molecule has 0 unspecified atom stereocenters. The number of nitrogens with one attached hydrogen (secondary N) is 1. The Labute approximate surface area is 110 Å². The average molecular weight is 268 g/mol. The van der Waals surface area contributed by atoms with Gasteiger partial charge in [-0.25, -0.2) is 4.98 Å². The second-order valence-corrected chi connectivity index (χ2v) is 5.15. The van der Waals surface area contributed by atoms with Crippen LogP contribution < -0.4 is 5.32 Å². The zero-order chi connectivity index (χ0) is 12.3. The maximum Gasteiger partial charge on any atom is 0.172 e. The molecule has 5 heteroatoms. The number of nitrogens with zero attached hydrogens (tertiary/aromatic N) is 2. The van der Waals surface area contributed by atoms with Crippen molar-refractivity contribution < 1.29 is 0 Å². The maximum absolute atomic E-state index is 6.21. The molecule has 0 fully saturated rings. The van der Waals surface area contributed by atoms with E-state index < -0.39 is 0 Å². The Bertz CT molecular complexity index is 510. The minimum atomic E-state index is 0.784. The minimum Gasteiger partial charge on any atom is -0.329 e. The van der Waals surface area contributed by atoms with Crippen LogP contribution in [0.1, 0.15) is 5.56 Å². The van der Waals surface area contributed by atoms with Gasteiger partial charge in [-0.15, -0.1) is 0 Å². The van der Waals surface area contributed by atoms with Crippen molar-refractivity contribution >= 4 is 23.4 Å². The summed E-state index contributed by atoms with van der Waals surface area (Å²) in [6, 6.07) is 6.09. The van der Waals surface area contributed by atoms with E-state index in [9.17, 15) is 0 Å². The van der Waals surface area contributed by atoms with Gasteiger partial charge in [-0.05, 0) is 24.7 Å². The number of benzene rings is 1. The molecular formula is C12H14ClN3S. The molecule has 1 heterocycles. The lowest BCUT2D eigenvalue weighted by Gasteiger charge is -2.06. The van der Waals surface area contributed by atoms with Gasteiger partial charge in [0.2, 0.25) is 0 Å². The number of hydrogen-bond donors (Lipinski definition) is 1. The molecule has 1 N–H and O–H groups in total. The molecule has 0 aliphatic carbocycles. The third kappa shape index (κ3) is 3.03. The Balaban J connectivity index is 2.18. The quantitative estimate of drug-likeness (QED) is 0.924. The Morgan fingerprint density at radius 1 is 1.47 bits per heavy atom. The molecule has 0 saturated carbocycles. The molecule has 0 spiro atoms. The number of hydrogen-bond acceptors (Lipinski definition) is 3. The van der Waals surface area contributed by atoms with Gasteiger partial charge in [-0.3, -0.25) is 0 Å². The first kappa shape index (κ1) is 12.5. The summed E-state index contributed by atoms with van der Waals surface area (Å²) < 4.78 is 1.99. The number of aryl methyl sites for hydroxylation is 1. The van der Waals surface area contributed by atoms with Crippen molar-refractivity contribution in [2.24, 2.45) is 7.05 Å². The monoisotopic (exact) mass is 267 g/mol. The standard InChI is InChI=1S/C12H14ClN3S/c1-14-8-9-3-4-10(7-11(9)13)17-12-15-5-6-16(12)2/h3-7,14H,8H2,1-2H3. The van der Waals surface area contributed by atoms with Crippen molar-refractivity contribution in [2.75, 3.05) is 7.05 Å². The molecule has 0 atom stereocenters. The highest BCUT2D eigenvalue weighted by Gasteiger charge is 2.05. The summed E-state index contributed by atoms with van der Waals surface area (Å²) in [5.41, 5.74) is 1.11. The van der Waals surface area contributed by atoms with Crippen LogP contribution in [-0.2, 0) is 13.6 Å². The van der Waals surface area contributed by atoms with Crippen LogP contribution in [0.2, 0.25) is 5.02 Å². The van der Waals surface area contributed by atoms with Crippen LogP contribution in [0.25, 0.3) is 0 Å². The largest absolute Gasteiger partial charge is 0.329 e. The first-order valence-corrected chi connectivity index (χ1v) is 6.48. The highest BCUT2D eigenvalue weighted by Crippen LogP contribution is 2.29. The highest BCUT2D eigenvalue weighted by atomic mass is 35.5. The van der Waals surface area contributed by atoms with Gasteiger partial charge in [-0.2, -0.15) is 0 Å². The van der Waals surface area contributed by atoms with Gasteiger partial charge in [-0.1, -0.05) is 29.4 Å². The molecule has 0 amide bonds. The van der Waals surface area contributed by atoms with E-state index in [1.807, 2.05) is 37.0 Å². The fourth-order valence-corrected chi connectivity index (χ4v) is 2.64. The first-order chi connectivity index (χ1) is 8.20. The van der Waals surface area contributed by atoms with Crippen LogP contribution >= 0.6 is 23.4 Å². The number of imidazole rings is 1. The predicted molar refractivity (Wildman–Crippen MR) is 71.5 cm³/mol. The van der Waals surface area contributed by atoms with Crippen molar-refractivity contribution in [1.29, 1.82) is 0 Å². The summed E-state index contributed by atoms with van der Waals surface area (Å²) in [5, 5.41) is 4.84. The summed E-state index contributed by atoms with van der Waals surface area (Å²) in [5.74, 6) is 0. The van der Waals surface area contributed by atoms with Gasteiger partial charge in [0.15, 0.2) is 5.16 Å². The molecule has 0 aliphatic rings. The van der Waals surface area contributed by atoms with E-state index in [2.05, 4.69) is 16.4 Å². The van der Waals surface area contributed by atoms with Crippen LogP contribution in [-0.4, -0.2) is 16.6 Å². The number of aromatic nitrogens is 2. The topological polar surface area (TPSA) is 29.9 Å². The van der Waals surface area contributed by atoms with Gasteiger partial charge >= 0.3 is 0 Å². The summed E-state index contributed by atoms with van der Waals surface area (Å²) in [4.78, 5) is 5.37. The van der Waals surface area contributed by atoms with E-state index in [0.717, 1.165) is 27.2 Å². The van der Waals surface area contributed by atoms with Crippen LogP contribution in [0.5, 0.6) is 0 Å². The molecule has 2 rings (SSSR count). The zero-order valence-electron chi connectivity index (χ0n) is 9.77. The lowest BCUT2D eigenvalue weighted by Crippen LogP contribution is -2.05. The van der Waals surface area contributed by atoms with Crippen molar-refractivity contribution in [1.82, 2.24) is 14.9 Å². The van der Waals surface area contributed by atoms with Crippen LogP contribution in [0.15, 0.2) is 40.6 Å². The van der Waals surface area contributed by atoms with E-state index in [0.29, 0.717) is 0 Å². The molecule has 17 heavy (non-hydrogen) atoms. The van der Waals surface area contributed by atoms with Crippen LogP contribution in [0.4, 0.5) is 0 Å². The first-order valence-electron chi connectivity index (χ1n) is 5.29. The smallest absolute Gasteiger partial charge is 0.172 e. The summed E-state index contributed by atoms with van der Waals surface area (Å²) in [7, 11) is 3.89. The van der Waals surface area contributed by atoms with Gasteiger partial charge < -0.3 is 9.88 Å². The highest BCUT2D eigenvalue weighted by molar-refractivity contribution is 7.99. The van der Waals surface area contributed by atoms with E-state index in [1.165, 1.54) is 0 Å². The fourth-order valence-electron chi connectivity index (χ4n) is 1.48. The van der Waals surface area contributed by atoms with E-state index in [1.54, 1.807) is 18.0 Å². The second kappa shape index (κ2) is 5.58. The molecule has 2 aromatic rings. The lowest BCUT2D eigenvalue weighted by molar-refractivity contribution is 0.790. The molecule has 90 valence electrons. The van der Waals surface area contributed by atoms with Gasteiger partial charge in [0.05, 0.1) is 0 Å². The summed E-state index contributed by atoms with van der Waals surface area (Å²) in [6.45, 7) is 0.784. The van der Waals surface area contributed by atoms with E-state index in [-0.39, 0.29) is 0 Å². The fraction of sp³-hybridized carbons (Fsp3) is 0.250. The molecule has 1 aromatic carbocycles. The SMILES string of the molecule is CNCc1ccc(Sc2nccn2C)cc1Cl. The molecule has 0 bridgehead atoms. The number of halogens is 1. The zero-order valence-corrected chi connectivity index (χ0v) is 11.3.